The van der Waals surface area contributed by atoms with Crippen LogP contribution in [0.3, 0.4) is 0 Å². The largest absolute Gasteiger partial charge is 0.501 e. The molecule has 21 heteroatoms. The molecule has 4 heterocycles. The van der Waals surface area contributed by atoms with E-state index in [4.69, 9.17) is 11.6 Å². The summed E-state index contributed by atoms with van der Waals surface area (Å²) in [6.45, 7) is 13.5. The molecule has 2 saturated heterocycles. The number of nitrogens with zero attached hydrogens (tertiary/aromatic N) is 5. The van der Waals surface area contributed by atoms with Crippen LogP contribution in [0.5, 0.6) is 0 Å². The molecule has 4 aromatic carbocycles. The van der Waals surface area contributed by atoms with Gasteiger partial charge in [-0.1, -0.05) is 60.5 Å². The van der Waals surface area contributed by atoms with Crippen LogP contribution in [0.4, 0.5) is 24.5 Å². The standard InChI is InChI=1S/C55H64ClF3N8O5S3.ClH/c1-54(39-66-28-24-60-25-29-66)22-19-49(40-9-13-44(56)14-10-40)43(35-54)36-65-30-32-67(33-31-65)46-15-11-42(12-16-46)53(68)63-75(71,72)48-17-18-50(52(34-48)74(69,70)55(57,58)59)62-45(38-73-47-7-3-2-4-8-47)21-27-64-26-20-41-6-5-23-61-51(41)37-64;/h2-18,23,34,45,60,62H,19-22,24-33,35-39H2,1H3,(H,63,68);1H/t45-,54-;/m1./s1. The van der Waals surface area contributed by atoms with E-state index in [0.717, 1.165) is 132 Å². The first-order chi connectivity index (χ1) is 35.9. The number of halogens is 5. The molecule has 1 aromatic heterocycles. The van der Waals surface area contributed by atoms with Crippen molar-refractivity contribution in [1.82, 2.24) is 29.7 Å². The number of anilines is 2. The van der Waals surface area contributed by atoms with Crippen LogP contribution in [0.25, 0.3) is 5.57 Å². The van der Waals surface area contributed by atoms with Gasteiger partial charge in [-0.3, -0.25) is 19.6 Å². The second-order valence-electron chi connectivity index (χ2n) is 20.3. The zero-order chi connectivity index (χ0) is 52.8. The molecule has 0 saturated carbocycles. The zero-order valence-corrected chi connectivity index (χ0v) is 46.4. The molecule has 3 aliphatic heterocycles. The number of sulfonamides is 1. The number of carbonyl (C=O) groups is 1. The Kier molecular flexibility index (Phi) is 18.9. The Labute approximate surface area is 460 Å². The maximum atomic E-state index is 14.4. The molecular weight excluding hydrogens is 1080 g/mol. The lowest BCUT2D eigenvalue weighted by molar-refractivity contribution is -0.0435. The van der Waals surface area contributed by atoms with Crippen LogP contribution >= 0.6 is 35.8 Å². The number of pyridine rings is 1. The Morgan fingerprint density at radius 3 is 2.28 bits per heavy atom. The molecule has 9 rings (SSSR count). The number of amides is 1. The van der Waals surface area contributed by atoms with E-state index in [9.17, 15) is 34.8 Å². The van der Waals surface area contributed by atoms with Crippen molar-refractivity contribution in [2.45, 2.75) is 71.8 Å². The third kappa shape index (κ3) is 14.3. The minimum Gasteiger partial charge on any atom is -0.380 e. The molecule has 13 nitrogen and oxygen atoms in total. The van der Waals surface area contributed by atoms with Gasteiger partial charge >= 0.3 is 5.51 Å². The Morgan fingerprint density at radius 1 is 0.842 bits per heavy atom. The summed E-state index contributed by atoms with van der Waals surface area (Å²) in [7, 11) is -11.0. The second-order valence-corrected chi connectivity index (χ2v) is 25.5. The molecule has 0 radical (unpaired) electrons. The van der Waals surface area contributed by atoms with Gasteiger partial charge in [-0.25, -0.2) is 21.6 Å². The lowest BCUT2D eigenvalue weighted by Gasteiger charge is -2.43. The quantitative estimate of drug-likeness (QED) is 0.0718. The molecule has 0 bridgehead atoms. The summed E-state index contributed by atoms with van der Waals surface area (Å²) in [5.74, 6) is -0.672. The van der Waals surface area contributed by atoms with Gasteiger partial charge < -0.3 is 20.4 Å². The van der Waals surface area contributed by atoms with Crippen LogP contribution in [-0.2, 0) is 32.8 Å². The number of rotatable bonds is 18. The number of hydrogen-bond acceptors (Lipinski definition) is 13. The Bertz CT molecular complexity index is 3060. The van der Waals surface area contributed by atoms with E-state index in [0.29, 0.717) is 36.4 Å². The molecule has 0 unspecified atom stereocenters. The first-order valence-corrected chi connectivity index (χ1v) is 29.8. The number of allylic oxidation sites excluding steroid dienone is 1. The molecular formula is C55H65Cl2F3N8O5S3. The third-order valence-corrected chi connectivity index (χ3v) is 19.1. The molecule has 0 spiro atoms. The van der Waals surface area contributed by atoms with Gasteiger partial charge in [-0.2, -0.15) is 13.2 Å². The number of nitrogens with one attached hydrogen (secondary N) is 3. The fourth-order valence-corrected chi connectivity index (χ4v) is 13.9. The molecule has 1 amide bonds. The average Bonchev–Trinajstić information content (AvgIpc) is 3.40. The van der Waals surface area contributed by atoms with Crippen molar-refractivity contribution in [3.63, 3.8) is 0 Å². The van der Waals surface area contributed by atoms with Crippen LogP contribution in [0.15, 0.2) is 136 Å². The van der Waals surface area contributed by atoms with Gasteiger partial charge in [-0.05, 0) is 127 Å². The SMILES string of the molecule is C[C@@]1(CN2CCNCC2)CCC(c2ccc(Cl)cc2)=C(CN2CCN(c3ccc(C(=O)NS(=O)(=O)c4ccc(N[C@H](CCN5CCc6cccnc6C5)CSc5ccccc5)c(S(=O)(=O)C(F)(F)F)c4)cc3)CC2)C1.Cl. The number of alkyl halides is 3. The van der Waals surface area contributed by atoms with Crippen molar-refractivity contribution in [2.75, 3.05) is 94.5 Å². The highest BCUT2D eigenvalue weighted by molar-refractivity contribution is 7.99. The smallest absolute Gasteiger partial charge is 0.380 e. The monoisotopic (exact) mass is 1140 g/mol. The number of benzene rings is 4. The summed E-state index contributed by atoms with van der Waals surface area (Å²) in [6.07, 6.45) is 6.09. The average molecular weight is 1140 g/mol. The van der Waals surface area contributed by atoms with Gasteiger partial charge in [0.25, 0.3) is 25.8 Å². The number of fused-ring (bicyclic) bond motifs is 1. The number of thioether (sulfide) groups is 1. The van der Waals surface area contributed by atoms with Gasteiger partial charge in [-0.15, -0.1) is 24.2 Å². The van der Waals surface area contributed by atoms with Crippen LogP contribution in [0.2, 0.25) is 5.02 Å². The van der Waals surface area contributed by atoms with Crippen molar-refractivity contribution in [3.8, 4) is 0 Å². The van der Waals surface area contributed by atoms with Crippen molar-refractivity contribution in [3.05, 3.63) is 148 Å². The van der Waals surface area contributed by atoms with Gasteiger partial charge in [0.2, 0.25) is 0 Å². The first-order valence-electron chi connectivity index (χ1n) is 25.5. The van der Waals surface area contributed by atoms with E-state index < -0.39 is 52.8 Å². The maximum Gasteiger partial charge on any atom is 0.501 e. The first kappa shape index (κ1) is 57.5. The Balaban J connectivity index is 0.00000765. The summed E-state index contributed by atoms with van der Waals surface area (Å²) < 4.78 is 99.0. The molecule has 408 valence electrons. The number of aromatic nitrogens is 1. The molecule has 2 atom stereocenters. The highest BCUT2D eigenvalue weighted by atomic mass is 35.5. The number of sulfone groups is 1. The van der Waals surface area contributed by atoms with Crippen molar-refractivity contribution in [1.29, 1.82) is 0 Å². The lowest BCUT2D eigenvalue weighted by Crippen LogP contribution is -2.49. The molecule has 5 aromatic rings. The van der Waals surface area contributed by atoms with E-state index in [-0.39, 0.29) is 23.4 Å². The zero-order valence-electron chi connectivity index (χ0n) is 42.4. The fraction of sp³-hybridized carbons (Fsp3) is 0.418. The fourth-order valence-electron chi connectivity index (χ4n) is 10.7. The van der Waals surface area contributed by atoms with Crippen LogP contribution in [-0.4, -0.2) is 138 Å². The number of piperazine rings is 2. The van der Waals surface area contributed by atoms with E-state index in [2.05, 4.69) is 54.3 Å². The summed E-state index contributed by atoms with van der Waals surface area (Å²) in [6, 6.07) is 29.9. The topological polar surface area (TPSA) is 147 Å². The Hall–Kier alpha value is -4.70. The maximum absolute atomic E-state index is 14.4. The molecule has 3 N–H and O–H groups in total. The minimum absolute atomic E-state index is 0. The predicted octanol–water partition coefficient (Wildman–Crippen LogP) is 9.26. The van der Waals surface area contributed by atoms with Gasteiger partial charge in [0.15, 0.2) is 0 Å². The van der Waals surface area contributed by atoms with Crippen LogP contribution in [0.1, 0.15) is 59.8 Å². The molecule has 4 aliphatic rings. The minimum atomic E-state index is -6.09. The van der Waals surface area contributed by atoms with E-state index >= 15 is 0 Å². The summed E-state index contributed by atoms with van der Waals surface area (Å²) in [5, 5.41) is 7.22. The lowest BCUT2D eigenvalue weighted by atomic mass is 9.71. The van der Waals surface area contributed by atoms with Gasteiger partial charge in [0.05, 0.1) is 16.3 Å². The Morgan fingerprint density at radius 2 is 1.57 bits per heavy atom. The number of hydrogen-bond donors (Lipinski definition) is 3. The highest BCUT2D eigenvalue weighted by Gasteiger charge is 2.48. The van der Waals surface area contributed by atoms with Gasteiger partial charge in [0, 0.05) is 124 Å². The van der Waals surface area contributed by atoms with Crippen LogP contribution < -0.4 is 20.3 Å². The van der Waals surface area contributed by atoms with Gasteiger partial charge in [0.1, 0.15) is 4.90 Å². The van der Waals surface area contributed by atoms with Crippen molar-refractivity contribution in [2.24, 2.45) is 5.41 Å². The predicted molar refractivity (Wildman–Crippen MR) is 299 cm³/mol. The van der Waals surface area contributed by atoms with E-state index in [1.54, 1.807) is 18.3 Å². The summed E-state index contributed by atoms with van der Waals surface area (Å²) in [4.78, 5) is 26.4. The molecule has 1 aliphatic carbocycles. The van der Waals surface area contributed by atoms with E-state index in [1.807, 2.05) is 59.3 Å². The molecule has 76 heavy (non-hydrogen) atoms. The van der Waals surface area contributed by atoms with Crippen molar-refractivity contribution >= 4 is 78.5 Å². The summed E-state index contributed by atoms with van der Waals surface area (Å²) >= 11 is 7.75. The van der Waals surface area contributed by atoms with E-state index in [1.165, 1.54) is 40.6 Å². The third-order valence-electron chi connectivity index (χ3n) is 14.8. The normalized spacial score (nSPS) is 19.6. The summed E-state index contributed by atoms with van der Waals surface area (Å²) in [5.41, 5.74) is 1.07. The second kappa shape index (κ2) is 25.0. The highest BCUT2D eigenvalue weighted by Crippen LogP contribution is 2.44. The van der Waals surface area contributed by atoms with Crippen LogP contribution in [0, 0.1) is 5.41 Å². The molecule has 2 fully saturated rings. The van der Waals surface area contributed by atoms with Crippen molar-refractivity contribution < 1.29 is 34.8 Å². The number of carbonyl (C=O) groups excluding carboxylic acids is 1.